The predicted octanol–water partition coefficient (Wildman–Crippen LogP) is 3.96. The molecule has 3 heterocycles. The molecule has 1 aromatic carbocycles. The number of amidine groups is 1. The van der Waals surface area contributed by atoms with E-state index in [4.69, 9.17) is 21.3 Å². The summed E-state index contributed by atoms with van der Waals surface area (Å²) in [7, 11) is 0. The summed E-state index contributed by atoms with van der Waals surface area (Å²) in [6.45, 7) is 3.83. The molecule has 5 rings (SSSR count). The molecule has 32 heavy (non-hydrogen) atoms. The zero-order chi connectivity index (χ0) is 21.9. The van der Waals surface area contributed by atoms with Gasteiger partial charge in [0, 0.05) is 48.0 Å². The van der Waals surface area contributed by atoms with Gasteiger partial charge in [0.05, 0.1) is 18.8 Å². The quantitative estimate of drug-likeness (QED) is 0.716. The van der Waals surface area contributed by atoms with Crippen molar-refractivity contribution in [2.45, 2.75) is 18.9 Å². The van der Waals surface area contributed by atoms with E-state index in [0.29, 0.717) is 36.5 Å². The monoisotopic (exact) mass is 450 g/mol. The fourth-order valence-electron chi connectivity index (χ4n) is 3.84. The summed E-state index contributed by atoms with van der Waals surface area (Å²) in [6, 6.07) is 9.76. The van der Waals surface area contributed by atoms with Crippen LogP contribution in [-0.2, 0) is 4.74 Å². The number of aliphatic imine (C=N–C) groups is 1. The molecule has 3 aliphatic rings. The number of pyridine rings is 1. The van der Waals surface area contributed by atoms with Crippen molar-refractivity contribution < 1.29 is 9.13 Å². The van der Waals surface area contributed by atoms with Gasteiger partial charge in [-0.1, -0.05) is 35.6 Å². The Morgan fingerprint density at radius 3 is 2.75 bits per heavy atom. The van der Waals surface area contributed by atoms with Crippen molar-refractivity contribution in [3.63, 3.8) is 0 Å². The smallest absolute Gasteiger partial charge is 0.152 e. The zero-order valence-corrected chi connectivity index (χ0v) is 18.4. The lowest BCUT2D eigenvalue weighted by atomic mass is 9.95. The summed E-state index contributed by atoms with van der Waals surface area (Å²) < 4.78 is 19.3. The second-order valence-corrected chi connectivity index (χ2v) is 8.62. The third-order valence-electron chi connectivity index (χ3n) is 5.76. The first-order valence-corrected chi connectivity index (χ1v) is 11.3. The van der Waals surface area contributed by atoms with E-state index in [-0.39, 0.29) is 5.82 Å². The molecule has 0 radical (unpaired) electrons. The molecule has 2 aromatic rings. The predicted molar refractivity (Wildman–Crippen MR) is 123 cm³/mol. The van der Waals surface area contributed by atoms with Gasteiger partial charge in [-0.2, -0.15) is 0 Å². The minimum absolute atomic E-state index is 0.345. The van der Waals surface area contributed by atoms with Crippen molar-refractivity contribution in [1.29, 1.82) is 0 Å². The Hall–Kier alpha value is -2.72. The third kappa shape index (κ3) is 4.86. The standard InChI is InChI=1S/C25H24ClFN4O/c26-21-15-18(27)7-9-19(21)24-20(8-6-17-4-5-17)23(16-31-11-13-32-14-12-31)29-25(30-24)22-3-1-2-10-28-22/h1-3,7,9-10,15,17,24H,4-5,11-14,16H2,(H,29,30). The summed E-state index contributed by atoms with van der Waals surface area (Å²) in [5, 5.41) is 3.85. The van der Waals surface area contributed by atoms with Crippen molar-refractivity contribution in [1.82, 2.24) is 15.2 Å². The maximum Gasteiger partial charge on any atom is 0.152 e. The van der Waals surface area contributed by atoms with E-state index in [1.807, 2.05) is 18.2 Å². The van der Waals surface area contributed by atoms with Gasteiger partial charge in [-0.15, -0.1) is 0 Å². The fourth-order valence-corrected chi connectivity index (χ4v) is 4.11. The summed E-state index contributed by atoms with van der Waals surface area (Å²) in [5.74, 6) is 7.54. The van der Waals surface area contributed by atoms with E-state index in [9.17, 15) is 4.39 Å². The van der Waals surface area contributed by atoms with Crippen LogP contribution < -0.4 is 5.32 Å². The first kappa shape index (κ1) is 21.1. The van der Waals surface area contributed by atoms with E-state index in [1.54, 1.807) is 12.3 Å². The minimum Gasteiger partial charge on any atom is -0.379 e. The third-order valence-corrected chi connectivity index (χ3v) is 6.09. The molecule has 1 saturated heterocycles. The lowest BCUT2D eigenvalue weighted by molar-refractivity contribution is 0.0417. The van der Waals surface area contributed by atoms with Crippen LogP contribution in [0.3, 0.4) is 0 Å². The van der Waals surface area contributed by atoms with Gasteiger partial charge in [-0.25, -0.2) is 4.39 Å². The number of aromatic nitrogens is 1. The number of halogens is 2. The van der Waals surface area contributed by atoms with Crippen LogP contribution in [0, 0.1) is 23.6 Å². The number of hydrogen-bond donors (Lipinski definition) is 1. The highest BCUT2D eigenvalue weighted by atomic mass is 35.5. The molecular weight excluding hydrogens is 427 g/mol. The van der Waals surface area contributed by atoms with Crippen LogP contribution >= 0.6 is 11.6 Å². The van der Waals surface area contributed by atoms with Gasteiger partial charge in [0.1, 0.15) is 17.6 Å². The van der Waals surface area contributed by atoms with Crippen LogP contribution in [0.5, 0.6) is 0 Å². The maximum absolute atomic E-state index is 13.8. The van der Waals surface area contributed by atoms with Gasteiger partial charge < -0.3 is 10.1 Å². The minimum atomic E-state index is -0.427. The Morgan fingerprint density at radius 2 is 2.03 bits per heavy atom. The molecule has 7 heteroatoms. The average molecular weight is 451 g/mol. The molecule has 1 aromatic heterocycles. The first-order valence-electron chi connectivity index (χ1n) is 10.9. The summed E-state index contributed by atoms with van der Waals surface area (Å²) in [6.07, 6.45) is 4.01. The Labute approximate surface area is 192 Å². The van der Waals surface area contributed by atoms with E-state index in [2.05, 4.69) is 27.0 Å². The van der Waals surface area contributed by atoms with Crippen molar-refractivity contribution in [3.05, 3.63) is 76.0 Å². The van der Waals surface area contributed by atoms with Crippen molar-refractivity contribution in [2.75, 3.05) is 32.8 Å². The van der Waals surface area contributed by atoms with Crippen LogP contribution in [0.15, 0.2) is 58.9 Å². The van der Waals surface area contributed by atoms with Crippen LogP contribution in [0.2, 0.25) is 5.02 Å². The normalized spacial score (nSPS) is 21.4. The average Bonchev–Trinajstić information content (AvgIpc) is 3.64. The molecule has 0 spiro atoms. The van der Waals surface area contributed by atoms with Crippen LogP contribution in [0.4, 0.5) is 4.39 Å². The van der Waals surface area contributed by atoms with Crippen LogP contribution in [-0.4, -0.2) is 48.6 Å². The van der Waals surface area contributed by atoms with Crippen LogP contribution in [0.1, 0.15) is 30.1 Å². The Morgan fingerprint density at radius 1 is 1.19 bits per heavy atom. The largest absolute Gasteiger partial charge is 0.379 e. The topological polar surface area (TPSA) is 49.8 Å². The Bertz CT molecular complexity index is 1110. The number of benzene rings is 1. The van der Waals surface area contributed by atoms with Gasteiger partial charge in [0.2, 0.25) is 0 Å². The van der Waals surface area contributed by atoms with Gasteiger partial charge in [-0.3, -0.25) is 14.9 Å². The van der Waals surface area contributed by atoms with Crippen molar-refractivity contribution >= 4 is 17.4 Å². The van der Waals surface area contributed by atoms with Gasteiger partial charge in [0.15, 0.2) is 5.84 Å². The second-order valence-electron chi connectivity index (χ2n) is 8.21. The summed E-state index contributed by atoms with van der Waals surface area (Å²) in [5.41, 5.74) is 3.35. The molecule has 0 amide bonds. The Kier molecular flexibility index (Phi) is 6.22. The highest BCUT2D eigenvalue weighted by Crippen LogP contribution is 2.36. The number of ether oxygens (including phenoxy) is 1. The highest BCUT2D eigenvalue weighted by Gasteiger charge is 2.29. The molecule has 1 aliphatic carbocycles. The molecule has 1 N–H and O–H groups in total. The Balaban J connectivity index is 1.60. The number of nitrogens with zero attached hydrogens (tertiary/aromatic N) is 3. The summed E-state index contributed by atoms with van der Waals surface area (Å²) in [4.78, 5) is 11.8. The molecule has 2 fully saturated rings. The number of morpholine rings is 1. The number of nitrogens with one attached hydrogen (secondary N) is 1. The molecular formula is C25H24ClFN4O. The second kappa shape index (κ2) is 9.41. The highest BCUT2D eigenvalue weighted by molar-refractivity contribution is 6.31. The molecule has 0 bridgehead atoms. The van der Waals surface area contributed by atoms with Crippen LogP contribution in [0.25, 0.3) is 0 Å². The summed E-state index contributed by atoms with van der Waals surface area (Å²) >= 11 is 6.49. The van der Waals surface area contributed by atoms with E-state index in [0.717, 1.165) is 48.5 Å². The fraction of sp³-hybridized carbons (Fsp3) is 0.360. The molecule has 1 atom stereocenters. The molecule has 2 aliphatic heterocycles. The van der Waals surface area contributed by atoms with Crippen molar-refractivity contribution in [3.8, 4) is 11.8 Å². The van der Waals surface area contributed by atoms with Gasteiger partial charge in [-0.05, 0) is 37.1 Å². The van der Waals surface area contributed by atoms with Gasteiger partial charge in [0.25, 0.3) is 0 Å². The van der Waals surface area contributed by atoms with E-state index in [1.165, 1.54) is 12.1 Å². The lowest BCUT2D eigenvalue weighted by Gasteiger charge is -2.32. The molecule has 164 valence electrons. The molecule has 1 saturated carbocycles. The first-order chi connectivity index (χ1) is 15.7. The zero-order valence-electron chi connectivity index (χ0n) is 17.7. The number of rotatable bonds is 4. The maximum atomic E-state index is 13.8. The molecule has 1 unspecified atom stereocenters. The molecule has 5 nitrogen and oxygen atoms in total. The SMILES string of the molecule is Fc1ccc(C2N=C(c3ccccn3)NC(CN3CCOCC3)=C2C#CC2CC2)c(Cl)c1. The van der Waals surface area contributed by atoms with Gasteiger partial charge >= 0.3 is 0 Å². The lowest BCUT2D eigenvalue weighted by Crippen LogP contribution is -2.42. The van der Waals surface area contributed by atoms with Crippen molar-refractivity contribution in [2.24, 2.45) is 10.9 Å². The number of hydrogen-bond acceptors (Lipinski definition) is 5. The van der Waals surface area contributed by atoms with E-state index >= 15 is 0 Å². The van der Waals surface area contributed by atoms with E-state index < -0.39 is 6.04 Å².